The maximum atomic E-state index is 12.2. The molecule has 0 spiro atoms. The zero-order chi connectivity index (χ0) is 20.1. The van der Waals surface area contributed by atoms with E-state index in [1.807, 2.05) is 19.1 Å². The van der Waals surface area contributed by atoms with E-state index in [-0.39, 0.29) is 17.7 Å². The van der Waals surface area contributed by atoms with Crippen LogP contribution in [0.2, 0.25) is 0 Å². The summed E-state index contributed by atoms with van der Waals surface area (Å²) in [6, 6.07) is 13.6. The Kier molecular flexibility index (Phi) is 5.51. The van der Waals surface area contributed by atoms with Crippen molar-refractivity contribution in [1.29, 1.82) is 5.26 Å². The van der Waals surface area contributed by atoms with Gasteiger partial charge < -0.3 is 9.47 Å². The van der Waals surface area contributed by atoms with Crippen molar-refractivity contribution in [1.82, 2.24) is 9.38 Å². The van der Waals surface area contributed by atoms with Gasteiger partial charge in [0.2, 0.25) is 0 Å². The van der Waals surface area contributed by atoms with E-state index < -0.39 is 5.97 Å². The van der Waals surface area contributed by atoms with Crippen LogP contribution >= 0.6 is 0 Å². The maximum Gasteiger partial charge on any atom is 0.349 e. The van der Waals surface area contributed by atoms with E-state index in [9.17, 15) is 14.9 Å². The quantitative estimate of drug-likeness (QED) is 0.387. The van der Waals surface area contributed by atoms with E-state index >= 15 is 0 Å². The number of ether oxygens (including phenoxy) is 2. The molecule has 0 unspecified atom stereocenters. The highest BCUT2D eigenvalue weighted by Crippen LogP contribution is 2.14. The predicted molar refractivity (Wildman–Crippen MR) is 103 cm³/mol. The van der Waals surface area contributed by atoms with E-state index in [0.717, 1.165) is 5.56 Å². The van der Waals surface area contributed by atoms with Crippen molar-refractivity contribution in [2.75, 3.05) is 7.11 Å². The summed E-state index contributed by atoms with van der Waals surface area (Å²) in [4.78, 5) is 28.7. The van der Waals surface area contributed by atoms with E-state index in [1.165, 1.54) is 16.5 Å². The first-order valence-electron chi connectivity index (χ1n) is 8.42. The van der Waals surface area contributed by atoms with Crippen LogP contribution in [-0.2, 0) is 16.1 Å². The number of nitriles is 1. The number of rotatable bonds is 5. The zero-order valence-corrected chi connectivity index (χ0v) is 15.4. The van der Waals surface area contributed by atoms with Crippen molar-refractivity contribution in [3.63, 3.8) is 0 Å². The first kappa shape index (κ1) is 18.9. The van der Waals surface area contributed by atoms with Gasteiger partial charge in [0, 0.05) is 12.3 Å². The molecule has 0 aliphatic heterocycles. The number of methoxy groups -OCH3 is 1. The molecule has 1 aromatic carbocycles. The van der Waals surface area contributed by atoms with Gasteiger partial charge in [-0.3, -0.25) is 9.20 Å². The van der Waals surface area contributed by atoms with Gasteiger partial charge in [-0.25, -0.2) is 9.78 Å². The molecular weight excluding hydrogens is 358 g/mol. The maximum absolute atomic E-state index is 12.2. The number of fused-ring (bicyclic) bond motifs is 1. The molecule has 0 bridgehead atoms. The predicted octanol–water partition coefficient (Wildman–Crippen LogP) is 2.66. The molecule has 2 aromatic heterocycles. The Bertz CT molecular complexity index is 1150. The van der Waals surface area contributed by atoms with Gasteiger partial charge >= 0.3 is 5.97 Å². The molecule has 0 amide bonds. The minimum Gasteiger partial charge on any atom is -0.497 e. The lowest BCUT2D eigenvalue weighted by atomic mass is 10.1. The molecule has 3 rings (SSSR count). The molecule has 140 valence electrons. The number of carbonyl (C=O) groups is 1. The number of hydrogen-bond acceptors (Lipinski definition) is 6. The first-order chi connectivity index (χ1) is 13.5. The highest BCUT2D eigenvalue weighted by molar-refractivity contribution is 5.97. The number of pyridine rings is 1. The van der Waals surface area contributed by atoms with Gasteiger partial charge in [0.05, 0.1) is 12.8 Å². The molecule has 28 heavy (non-hydrogen) atoms. The van der Waals surface area contributed by atoms with Crippen LogP contribution in [0.3, 0.4) is 0 Å². The van der Waals surface area contributed by atoms with E-state index in [1.54, 1.807) is 43.6 Å². The molecule has 2 heterocycles. The van der Waals surface area contributed by atoms with Gasteiger partial charge in [0.15, 0.2) is 0 Å². The molecule has 0 fully saturated rings. The Balaban J connectivity index is 1.75. The standard InChI is InChI=1S/C21H17N3O4/c1-14-3-8-19-23-17(10-20(25)24(19)12-14)13-28-21(26)16(11-22)9-15-4-6-18(27-2)7-5-15/h3-10,12H,13H2,1-2H3/b16-9+. The van der Waals surface area contributed by atoms with Crippen molar-refractivity contribution in [2.45, 2.75) is 13.5 Å². The van der Waals surface area contributed by atoms with Gasteiger partial charge in [-0.2, -0.15) is 5.26 Å². The second-order valence-electron chi connectivity index (χ2n) is 6.04. The van der Waals surface area contributed by atoms with Crippen LogP contribution in [0.4, 0.5) is 0 Å². The molecule has 3 aromatic rings. The summed E-state index contributed by atoms with van der Waals surface area (Å²) in [7, 11) is 1.55. The second-order valence-corrected chi connectivity index (χ2v) is 6.04. The van der Waals surface area contributed by atoms with Crippen LogP contribution in [0.15, 0.2) is 59.0 Å². The lowest BCUT2D eigenvalue weighted by Gasteiger charge is -2.06. The summed E-state index contributed by atoms with van der Waals surface area (Å²) in [5, 5.41) is 9.25. The molecular formula is C21H17N3O4. The number of aryl methyl sites for hydroxylation is 1. The van der Waals surface area contributed by atoms with E-state index in [4.69, 9.17) is 9.47 Å². The molecule has 7 heteroatoms. The molecule has 0 atom stereocenters. The Morgan fingerprint density at radius 3 is 2.68 bits per heavy atom. The van der Waals surface area contributed by atoms with Crippen molar-refractivity contribution in [2.24, 2.45) is 0 Å². The lowest BCUT2D eigenvalue weighted by molar-refractivity contribution is -0.139. The Morgan fingerprint density at radius 2 is 2.00 bits per heavy atom. The number of benzene rings is 1. The third kappa shape index (κ3) is 4.24. The van der Waals surface area contributed by atoms with E-state index in [0.29, 0.717) is 22.7 Å². The summed E-state index contributed by atoms with van der Waals surface area (Å²) in [6.07, 6.45) is 3.11. The molecule has 0 saturated carbocycles. The third-order valence-corrected chi connectivity index (χ3v) is 3.98. The minimum atomic E-state index is -0.788. The fourth-order valence-electron chi connectivity index (χ4n) is 2.55. The van der Waals surface area contributed by atoms with Gasteiger partial charge in [-0.1, -0.05) is 18.2 Å². The van der Waals surface area contributed by atoms with Crippen molar-refractivity contribution in [3.05, 3.63) is 81.4 Å². The summed E-state index contributed by atoms with van der Waals surface area (Å²) < 4.78 is 11.7. The molecule has 0 aliphatic carbocycles. The molecule has 7 nitrogen and oxygen atoms in total. The van der Waals surface area contributed by atoms with Crippen LogP contribution in [0, 0.1) is 18.3 Å². The summed E-state index contributed by atoms with van der Waals surface area (Å²) in [5.74, 6) is -0.119. The fourth-order valence-corrected chi connectivity index (χ4v) is 2.55. The molecule has 0 radical (unpaired) electrons. The summed E-state index contributed by atoms with van der Waals surface area (Å²) in [5.41, 5.74) is 1.93. The van der Waals surface area contributed by atoms with E-state index in [2.05, 4.69) is 4.98 Å². The average molecular weight is 375 g/mol. The monoisotopic (exact) mass is 375 g/mol. The highest BCUT2D eigenvalue weighted by atomic mass is 16.5. The molecule has 0 N–H and O–H groups in total. The Morgan fingerprint density at radius 1 is 1.25 bits per heavy atom. The SMILES string of the molecule is COc1ccc(/C=C(\C#N)C(=O)OCc2cc(=O)n3cc(C)ccc3n2)cc1. The van der Waals surface area contributed by atoms with Crippen LogP contribution in [0.5, 0.6) is 5.75 Å². The topological polar surface area (TPSA) is 93.7 Å². The number of hydrogen-bond donors (Lipinski definition) is 0. The van der Waals surface area contributed by atoms with Gasteiger partial charge in [0.1, 0.15) is 29.6 Å². The van der Waals surface area contributed by atoms with Crippen LogP contribution < -0.4 is 10.3 Å². The first-order valence-corrected chi connectivity index (χ1v) is 8.42. The number of nitrogens with zero attached hydrogens (tertiary/aromatic N) is 3. The minimum absolute atomic E-state index is 0.154. The summed E-state index contributed by atoms with van der Waals surface area (Å²) >= 11 is 0. The van der Waals surface area contributed by atoms with Crippen molar-refractivity contribution in [3.8, 4) is 11.8 Å². The smallest absolute Gasteiger partial charge is 0.349 e. The van der Waals surface area contributed by atoms with Crippen molar-refractivity contribution < 1.29 is 14.3 Å². The third-order valence-electron chi connectivity index (χ3n) is 3.98. The number of esters is 1. The van der Waals surface area contributed by atoms with Gasteiger partial charge in [0.25, 0.3) is 5.56 Å². The van der Waals surface area contributed by atoms with Gasteiger partial charge in [-0.05, 0) is 42.3 Å². The Hall–Kier alpha value is -3.92. The van der Waals surface area contributed by atoms with Crippen LogP contribution in [0.25, 0.3) is 11.7 Å². The number of carbonyl (C=O) groups excluding carboxylic acids is 1. The van der Waals surface area contributed by atoms with Crippen molar-refractivity contribution >= 4 is 17.7 Å². The Labute approximate surface area is 161 Å². The van der Waals surface area contributed by atoms with Crippen LogP contribution in [0.1, 0.15) is 16.8 Å². The largest absolute Gasteiger partial charge is 0.497 e. The zero-order valence-electron chi connectivity index (χ0n) is 15.4. The summed E-state index contributed by atoms with van der Waals surface area (Å²) in [6.45, 7) is 1.67. The highest BCUT2D eigenvalue weighted by Gasteiger charge is 2.12. The second kappa shape index (κ2) is 8.18. The lowest BCUT2D eigenvalue weighted by Crippen LogP contribution is -2.17. The normalized spacial score (nSPS) is 11.1. The molecule has 0 aliphatic rings. The van der Waals surface area contributed by atoms with Crippen LogP contribution in [-0.4, -0.2) is 22.5 Å². The van der Waals surface area contributed by atoms with Gasteiger partial charge in [-0.15, -0.1) is 0 Å². The fraction of sp³-hybridized carbons (Fsp3) is 0.143. The number of aromatic nitrogens is 2. The average Bonchev–Trinajstić information content (AvgIpc) is 2.71. The molecule has 0 saturated heterocycles.